The van der Waals surface area contributed by atoms with Gasteiger partial charge in [-0.2, -0.15) is 0 Å². The van der Waals surface area contributed by atoms with E-state index in [2.05, 4.69) is 42.7 Å². The summed E-state index contributed by atoms with van der Waals surface area (Å²) in [4.78, 5) is 4.75. The van der Waals surface area contributed by atoms with Crippen molar-refractivity contribution in [2.24, 2.45) is 16.8 Å². The molecule has 1 saturated heterocycles. The number of ether oxygens (including phenoxy) is 2. The van der Waals surface area contributed by atoms with Gasteiger partial charge < -0.3 is 25.2 Å². The fourth-order valence-electron chi connectivity index (χ4n) is 3.84. The van der Waals surface area contributed by atoms with E-state index in [1.54, 1.807) is 0 Å². The minimum Gasteiger partial charge on any atom is -0.493 e. The molecule has 1 aromatic rings. The van der Waals surface area contributed by atoms with E-state index in [0.717, 1.165) is 69.3 Å². The van der Waals surface area contributed by atoms with E-state index in [9.17, 15) is 5.11 Å². The molecule has 1 aliphatic carbocycles. The summed E-state index contributed by atoms with van der Waals surface area (Å²) in [6, 6.07) is 6.30. The Morgan fingerprint density at radius 2 is 2.18 bits per heavy atom. The fraction of sp³-hybridized carbons (Fsp3) is 0.682. The first-order valence-corrected chi connectivity index (χ1v) is 10.7. The van der Waals surface area contributed by atoms with Crippen LogP contribution in [0, 0.1) is 18.8 Å². The minimum atomic E-state index is -0.188. The molecule has 28 heavy (non-hydrogen) atoms. The van der Waals surface area contributed by atoms with Crippen LogP contribution >= 0.6 is 0 Å². The summed E-state index contributed by atoms with van der Waals surface area (Å²) < 4.78 is 11.6. The first-order chi connectivity index (χ1) is 13.7. The van der Waals surface area contributed by atoms with Crippen LogP contribution in [0.1, 0.15) is 43.7 Å². The molecule has 0 spiro atoms. The number of rotatable bonds is 8. The second kappa shape index (κ2) is 10.7. The standard InChI is InChI=1S/C22H35N3O3/c1-3-23-22(24-12-18-5-4-6-20(18)26)25-13-19-8-7-16(2)11-21(19)28-15-17-9-10-27-14-17/h7-8,11,17-18,20,26H,3-6,9-10,12-15H2,1-2H3,(H2,23,24,25). The molecule has 3 N–H and O–H groups in total. The number of nitrogens with zero attached hydrogens (tertiary/aromatic N) is 1. The molecule has 2 fully saturated rings. The monoisotopic (exact) mass is 389 g/mol. The molecule has 156 valence electrons. The van der Waals surface area contributed by atoms with Crippen LogP contribution in [0.2, 0.25) is 0 Å². The lowest BCUT2D eigenvalue weighted by atomic mass is 10.1. The highest BCUT2D eigenvalue weighted by molar-refractivity contribution is 5.79. The van der Waals surface area contributed by atoms with Crippen LogP contribution in [0.15, 0.2) is 23.2 Å². The summed E-state index contributed by atoms with van der Waals surface area (Å²) in [6.45, 7) is 8.58. The van der Waals surface area contributed by atoms with Gasteiger partial charge in [0.15, 0.2) is 5.96 Å². The van der Waals surface area contributed by atoms with Gasteiger partial charge in [-0.15, -0.1) is 0 Å². The highest BCUT2D eigenvalue weighted by atomic mass is 16.5. The lowest BCUT2D eigenvalue weighted by Gasteiger charge is -2.18. The molecule has 1 heterocycles. The van der Waals surface area contributed by atoms with E-state index in [1.807, 2.05) is 0 Å². The van der Waals surface area contributed by atoms with Gasteiger partial charge in [0.1, 0.15) is 5.75 Å². The summed E-state index contributed by atoms with van der Waals surface area (Å²) >= 11 is 0. The van der Waals surface area contributed by atoms with Crippen molar-refractivity contribution in [1.82, 2.24) is 10.6 Å². The number of hydrogen-bond donors (Lipinski definition) is 3. The van der Waals surface area contributed by atoms with Gasteiger partial charge in [0, 0.05) is 37.1 Å². The van der Waals surface area contributed by atoms with Crippen molar-refractivity contribution >= 4 is 5.96 Å². The largest absolute Gasteiger partial charge is 0.493 e. The maximum absolute atomic E-state index is 10.0. The molecule has 0 amide bonds. The van der Waals surface area contributed by atoms with E-state index in [1.165, 1.54) is 5.56 Å². The summed E-state index contributed by atoms with van der Waals surface area (Å²) in [5, 5.41) is 16.7. The van der Waals surface area contributed by atoms with Gasteiger partial charge in [-0.1, -0.05) is 18.6 Å². The minimum absolute atomic E-state index is 0.188. The maximum Gasteiger partial charge on any atom is 0.191 e. The highest BCUT2D eigenvalue weighted by Gasteiger charge is 2.25. The summed E-state index contributed by atoms with van der Waals surface area (Å²) in [7, 11) is 0. The Hall–Kier alpha value is -1.79. The second-order valence-corrected chi connectivity index (χ2v) is 7.99. The topological polar surface area (TPSA) is 75.1 Å². The van der Waals surface area contributed by atoms with Gasteiger partial charge in [0.2, 0.25) is 0 Å². The van der Waals surface area contributed by atoms with Crippen molar-refractivity contribution < 1.29 is 14.6 Å². The number of aliphatic hydroxyl groups is 1. The van der Waals surface area contributed by atoms with Crippen LogP contribution in [-0.2, 0) is 11.3 Å². The molecule has 3 atom stereocenters. The third-order valence-corrected chi connectivity index (χ3v) is 5.62. The maximum atomic E-state index is 10.0. The molecular formula is C22H35N3O3. The third-order valence-electron chi connectivity index (χ3n) is 5.62. The normalized spacial score (nSPS) is 25.1. The SMILES string of the molecule is CCNC(=NCc1ccc(C)cc1OCC1CCOC1)NCC1CCCC1O. The van der Waals surface area contributed by atoms with Crippen LogP contribution in [-0.4, -0.2) is 50.1 Å². The molecule has 3 rings (SSSR count). The summed E-state index contributed by atoms with van der Waals surface area (Å²) in [5.41, 5.74) is 2.27. The van der Waals surface area contributed by atoms with Crippen LogP contribution < -0.4 is 15.4 Å². The smallest absolute Gasteiger partial charge is 0.191 e. The number of hydrogen-bond acceptors (Lipinski definition) is 4. The number of aliphatic imine (C=N–C) groups is 1. The van der Waals surface area contributed by atoms with Crippen molar-refractivity contribution in [2.45, 2.75) is 52.2 Å². The van der Waals surface area contributed by atoms with Crippen LogP contribution in [0.3, 0.4) is 0 Å². The van der Waals surface area contributed by atoms with Gasteiger partial charge in [-0.25, -0.2) is 4.99 Å². The molecule has 2 aliphatic rings. The van der Waals surface area contributed by atoms with Gasteiger partial charge in [0.25, 0.3) is 0 Å². The Morgan fingerprint density at radius 3 is 2.89 bits per heavy atom. The van der Waals surface area contributed by atoms with E-state index in [0.29, 0.717) is 25.0 Å². The van der Waals surface area contributed by atoms with E-state index in [-0.39, 0.29) is 6.10 Å². The van der Waals surface area contributed by atoms with Crippen LogP contribution in [0.4, 0.5) is 0 Å². The number of nitrogens with one attached hydrogen (secondary N) is 2. The third kappa shape index (κ3) is 6.11. The number of benzene rings is 1. The summed E-state index contributed by atoms with van der Waals surface area (Å²) in [5.74, 6) is 2.50. The zero-order valence-electron chi connectivity index (χ0n) is 17.2. The van der Waals surface area contributed by atoms with Gasteiger partial charge in [-0.3, -0.25) is 0 Å². The lowest BCUT2D eigenvalue weighted by Crippen LogP contribution is -2.41. The molecule has 1 aliphatic heterocycles. The predicted molar refractivity (Wildman–Crippen MR) is 112 cm³/mol. The molecule has 0 aromatic heterocycles. The zero-order valence-corrected chi connectivity index (χ0v) is 17.2. The second-order valence-electron chi connectivity index (χ2n) is 7.99. The number of guanidine groups is 1. The molecule has 1 saturated carbocycles. The average Bonchev–Trinajstić information content (AvgIpc) is 3.35. The predicted octanol–water partition coefficient (Wildman–Crippen LogP) is 2.63. The van der Waals surface area contributed by atoms with E-state index >= 15 is 0 Å². The van der Waals surface area contributed by atoms with Crippen LogP contribution in [0.5, 0.6) is 5.75 Å². The van der Waals surface area contributed by atoms with Gasteiger partial charge in [-0.05, 0) is 44.7 Å². The Labute approximate surface area is 168 Å². The zero-order chi connectivity index (χ0) is 19.8. The molecule has 6 nitrogen and oxygen atoms in total. The highest BCUT2D eigenvalue weighted by Crippen LogP contribution is 2.25. The van der Waals surface area contributed by atoms with Crippen molar-refractivity contribution in [3.8, 4) is 5.75 Å². The number of aliphatic hydroxyl groups excluding tert-OH is 1. The van der Waals surface area contributed by atoms with Crippen molar-refractivity contribution in [3.63, 3.8) is 0 Å². The van der Waals surface area contributed by atoms with Crippen LogP contribution in [0.25, 0.3) is 0 Å². The lowest BCUT2D eigenvalue weighted by molar-refractivity contribution is 0.134. The first-order valence-electron chi connectivity index (χ1n) is 10.7. The van der Waals surface area contributed by atoms with Crippen molar-refractivity contribution in [2.75, 3.05) is 32.9 Å². The fourth-order valence-corrected chi connectivity index (χ4v) is 3.84. The average molecular weight is 390 g/mol. The van der Waals surface area contributed by atoms with Crippen molar-refractivity contribution in [1.29, 1.82) is 0 Å². The summed E-state index contributed by atoms with van der Waals surface area (Å²) in [6.07, 6.45) is 3.98. The Bertz CT molecular complexity index is 644. The molecule has 1 aromatic carbocycles. The van der Waals surface area contributed by atoms with E-state index in [4.69, 9.17) is 14.5 Å². The Morgan fingerprint density at radius 1 is 1.29 bits per heavy atom. The quantitative estimate of drug-likeness (QED) is 0.471. The molecular weight excluding hydrogens is 354 g/mol. The molecule has 3 unspecified atom stereocenters. The number of aryl methyl sites for hydroxylation is 1. The van der Waals surface area contributed by atoms with Crippen molar-refractivity contribution in [3.05, 3.63) is 29.3 Å². The first kappa shape index (κ1) is 20.9. The van der Waals surface area contributed by atoms with Gasteiger partial charge in [0.05, 0.1) is 25.9 Å². The molecule has 0 radical (unpaired) electrons. The molecule has 0 bridgehead atoms. The Kier molecular flexibility index (Phi) is 7.98. The van der Waals surface area contributed by atoms with E-state index < -0.39 is 0 Å². The van der Waals surface area contributed by atoms with Gasteiger partial charge >= 0.3 is 0 Å². The Balaban J connectivity index is 1.60. The molecule has 6 heteroatoms.